The third-order valence-electron chi connectivity index (χ3n) is 2.36. The minimum Gasteiger partial charge on any atom is -0.497 e. The van der Waals surface area contributed by atoms with Crippen molar-refractivity contribution in [2.24, 2.45) is 4.99 Å². The summed E-state index contributed by atoms with van der Waals surface area (Å²) in [6.07, 6.45) is 9.99. The molecule has 1 fully saturated rings. The summed E-state index contributed by atoms with van der Waals surface area (Å²) in [6, 6.07) is 7.96. The summed E-state index contributed by atoms with van der Waals surface area (Å²) in [5, 5.41) is 0. The maximum Gasteiger partial charge on any atom is 0.118 e. The van der Waals surface area contributed by atoms with Crippen LogP contribution in [0.25, 0.3) is 0 Å². The summed E-state index contributed by atoms with van der Waals surface area (Å²) in [4.78, 5) is 4.37. The van der Waals surface area contributed by atoms with E-state index in [1.54, 1.807) is 7.11 Å². The first-order chi connectivity index (χ1) is 7.88. The van der Waals surface area contributed by atoms with E-state index < -0.39 is 0 Å². The maximum absolute atomic E-state index is 5.09. The largest absolute Gasteiger partial charge is 0.497 e. The third-order valence-corrected chi connectivity index (χ3v) is 2.36. The van der Waals surface area contributed by atoms with Crippen LogP contribution in [0.2, 0.25) is 0 Å². The molecule has 1 saturated carbocycles. The summed E-state index contributed by atoms with van der Waals surface area (Å²) in [6.45, 7) is 0.704. The van der Waals surface area contributed by atoms with Crippen LogP contribution in [0, 0.1) is 31.6 Å². The van der Waals surface area contributed by atoms with Gasteiger partial charge in [0.15, 0.2) is 0 Å². The molecule has 1 aliphatic carbocycles. The number of aliphatic imine (C=N–C) groups is 1. The molecular formula is C14H14NO. The topological polar surface area (TPSA) is 21.6 Å². The number of benzene rings is 1. The van der Waals surface area contributed by atoms with Crippen molar-refractivity contribution >= 4 is 6.21 Å². The zero-order valence-electron chi connectivity index (χ0n) is 9.26. The van der Waals surface area contributed by atoms with Crippen LogP contribution in [-0.4, -0.2) is 13.3 Å². The summed E-state index contributed by atoms with van der Waals surface area (Å²) < 4.78 is 5.09. The second kappa shape index (κ2) is 5.69. The van der Waals surface area contributed by atoms with Gasteiger partial charge < -0.3 is 4.74 Å². The summed E-state index contributed by atoms with van der Waals surface area (Å²) in [5.41, 5.74) is 1.18. The van der Waals surface area contributed by atoms with Crippen molar-refractivity contribution < 1.29 is 4.74 Å². The monoisotopic (exact) mass is 212 g/mol. The first-order valence-corrected chi connectivity index (χ1v) is 5.23. The molecule has 0 amide bonds. The van der Waals surface area contributed by atoms with Crippen molar-refractivity contribution in [3.8, 4) is 5.75 Å². The molecule has 0 atom stereocenters. The summed E-state index contributed by atoms with van der Waals surface area (Å²) in [7, 11) is 1.67. The van der Waals surface area contributed by atoms with E-state index in [0.29, 0.717) is 6.54 Å². The number of hydrogen-bond acceptors (Lipinski definition) is 2. The quantitative estimate of drug-likeness (QED) is 0.703. The number of rotatable bonds is 4. The molecule has 0 spiro atoms. The molecular weight excluding hydrogens is 198 g/mol. The lowest BCUT2D eigenvalue weighted by Crippen LogP contribution is -1.93. The van der Waals surface area contributed by atoms with Gasteiger partial charge in [-0.2, -0.15) is 0 Å². The predicted octanol–water partition coefficient (Wildman–Crippen LogP) is 2.67. The zero-order chi connectivity index (χ0) is 11.2. The van der Waals surface area contributed by atoms with E-state index >= 15 is 0 Å². The van der Waals surface area contributed by atoms with Crippen LogP contribution < -0.4 is 4.74 Å². The standard InChI is InChI=1S/C14H14NO/c1-16-14-8-6-13(7-9-14)11-15-10-12-4-2-3-5-12/h2-10H,11H2,1H3. The average molecular weight is 212 g/mol. The van der Waals surface area contributed by atoms with Gasteiger partial charge in [-0.1, -0.05) is 12.1 Å². The van der Waals surface area contributed by atoms with E-state index in [0.717, 1.165) is 11.7 Å². The van der Waals surface area contributed by atoms with Gasteiger partial charge in [-0.25, -0.2) is 0 Å². The summed E-state index contributed by atoms with van der Waals surface area (Å²) >= 11 is 0. The molecule has 0 N–H and O–H groups in total. The van der Waals surface area contributed by atoms with E-state index in [4.69, 9.17) is 4.74 Å². The molecule has 0 aromatic heterocycles. The predicted molar refractivity (Wildman–Crippen MR) is 65.6 cm³/mol. The van der Waals surface area contributed by atoms with Gasteiger partial charge in [-0.3, -0.25) is 4.99 Å². The fourth-order valence-corrected chi connectivity index (χ4v) is 1.46. The first kappa shape index (κ1) is 11.2. The van der Waals surface area contributed by atoms with Gasteiger partial charge >= 0.3 is 0 Å². The molecule has 2 nitrogen and oxygen atoms in total. The minimum atomic E-state index is 0.704. The Morgan fingerprint density at radius 2 is 1.81 bits per heavy atom. The molecule has 0 aliphatic heterocycles. The van der Waals surface area contributed by atoms with E-state index in [1.807, 2.05) is 56.2 Å². The molecule has 16 heavy (non-hydrogen) atoms. The van der Waals surface area contributed by atoms with E-state index in [9.17, 15) is 0 Å². The van der Waals surface area contributed by atoms with E-state index in [1.165, 1.54) is 5.56 Å². The Labute approximate surface area is 97.4 Å². The van der Waals surface area contributed by atoms with Crippen molar-refractivity contribution in [1.29, 1.82) is 0 Å². The lowest BCUT2D eigenvalue weighted by atomic mass is 10.1. The second-order valence-electron chi connectivity index (χ2n) is 3.54. The van der Waals surface area contributed by atoms with Crippen molar-refractivity contribution in [3.63, 3.8) is 0 Å². The molecule has 1 aliphatic rings. The van der Waals surface area contributed by atoms with Gasteiger partial charge in [0.25, 0.3) is 0 Å². The SMILES string of the molecule is COc1ccc(CN=C[C]2[CH][CH][CH][CH]2)cc1. The van der Waals surface area contributed by atoms with Gasteiger partial charge in [0.05, 0.1) is 13.7 Å². The Balaban J connectivity index is 1.83. The molecule has 0 unspecified atom stereocenters. The molecule has 5 radical (unpaired) electrons. The lowest BCUT2D eigenvalue weighted by Gasteiger charge is -2.01. The number of methoxy groups -OCH3 is 1. The first-order valence-electron chi connectivity index (χ1n) is 5.23. The number of ether oxygens (including phenoxy) is 1. The number of hydrogen-bond donors (Lipinski definition) is 0. The minimum absolute atomic E-state index is 0.704. The molecule has 0 saturated heterocycles. The average Bonchev–Trinajstić information content (AvgIpc) is 2.83. The zero-order valence-corrected chi connectivity index (χ0v) is 9.26. The van der Waals surface area contributed by atoms with Gasteiger partial charge in [-0.05, 0) is 43.4 Å². The van der Waals surface area contributed by atoms with Gasteiger partial charge in [0, 0.05) is 12.1 Å². The van der Waals surface area contributed by atoms with Crippen LogP contribution in [0.3, 0.4) is 0 Å². The highest BCUT2D eigenvalue weighted by Gasteiger charge is 2.13. The highest BCUT2D eigenvalue weighted by molar-refractivity contribution is 5.82. The van der Waals surface area contributed by atoms with Gasteiger partial charge in [0.2, 0.25) is 0 Å². The molecule has 2 rings (SSSR count). The lowest BCUT2D eigenvalue weighted by molar-refractivity contribution is 0.414. The highest BCUT2D eigenvalue weighted by atomic mass is 16.5. The Hall–Kier alpha value is -1.31. The number of nitrogens with zero attached hydrogens (tertiary/aromatic N) is 1. The van der Waals surface area contributed by atoms with Gasteiger partial charge in [-0.15, -0.1) is 0 Å². The molecule has 2 heteroatoms. The molecule has 1 aromatic rings. The fourth-order valence-electron chi connectivity index (χ4n) is 1.46. The summed E-state index contributed by atoms with van der Waals surface area (Å²) in [5.74, 6) is 2.03. The normalized spacial score (nSPS) is 17.1. The van der Waals surface area contributed by atoms with Crippen molar-refractivity contribution in [2.75, 3.05) is 7.11 Å². The molecule has 0 bridgehead atoms. The Bertz CT molecular complexity index is 336. The van der Waals surface area contributed by atoms with E-state index in [2.05, 4.69) is 4.99 Å². The highest BCUT2D eigenvalue weighted by Crippen LogP contribution is 2.21. The smallest absolute Gasteiger partial charge is 0.118 e. The Morgan fingerprint density at radius 1 is 1.12 bits per heavy atom. The Morgan fingerprint density at radius 3 is 2.44 bits per heavy atom. The molecule has 0 heterocycles. The molecule has 81 valence electrons. The van der Waals surface area contributed by atoms with Crippen LogP contribution >= 0.6 is 0 Å². The van der Waals surface area contributed by atoms with Crippen LogP contribution in [-0.2, 0) is 6.54 Å². The van der Waals surface area contributed by atoms with Crippen molar-refractivity contribution in [1.82, 2.24) is 0 Å². The van der Waals surface area contributed by atoms with Crippen LogP contribution in [0.1, 0.15) is 5.56 Å². The third kappa shape index (κ3) is 3.09. The molecule has 1 aromatic carbocycles. The fraction of sp³-hybridized carbons (Fsp3) is 0.143. The van der Waals surface area contributed by atoms with Crippen molar-refractivity contribution in [3.05, 3.63) is 61.4 Å². The van der Waals surface area contributed by atoms with Crippen LogP contribution in [0.5, 0.6) is 5.75 Å². The second-order valence-corrected chi connectivity index (χ2v) is 3.54. The maximum atomic E-state index is 5.09. The Kier molecular flexibility index (Phi) is 3.97. The van der Waals surface area contributed by atoms with Gasteiger partial charge in [0.1, 0.15) is 5.75 Å². The van der Waals surface area contributed by atoms with Crippen LogP contribution in [0.15, 0.2) is 29.3 Å². The van der Waals surface area contributed by atoms with Crippen molar-refractivity contribution in [2.45, 2.75) is 6.54 Å². The van der Waals surface area contributed by atoms with E-state index in [-0.39, 0.29) is 0 Å². The van der Waals surface area contributed by atoms with Crippen LogP contribution in [0.4, 0.5) is 0 Å².